The fourth-order valence-electron chi connectivity index (χ4n) is 2.60. The standard InChI is InChI=1S/C14H18F3NS/c1-19-11-8-6-10(7-9-11)18-13-5-3-2-4-12(13)14(15,16)17/h6-9,12-13,18H,2-5H2,1H3. The molecule has 0 aromatic heterocycles. The summed E-state index contributed by atoms with van der Waals surface area (Å²) >= 11 is 1.62. The second-order valence-electron chi connectivity index (χ2n) is 4.91. The van der Waals surface area contributed by atoms with Crippen molar-refractivity contribution >= 4 is 17.4 Å². The van der Waals surface area contributed by atoms with E-state index in [0.717, 1.165) is 17.0 Å². The normalized spacial score (nSPS) is 24.2. The fourth-order valence-corrected chi connectivity index (χ4v) is 3.00. The number of rotatable bonds is 3. The van der Waals surface area contributed by atoms with Crippen molar-refractivity contribution < 1.29 is 13.2 Å². The van der Waals surface area contributed by atoms with Crippen LogP contribution in [0.4, 0.5) is 18.9 Å². The first-order valence-electron chi connectivity index (χ1n) is 6.48. The van der Waals surface area contributed by atoms with Crippen molar-refractivity contribution in [2.45, 2.75) is 42.8 Å². The smallest absolute Gasteiger partial charge is 0.382 e. The summed E-state index contributed by atoms with van der Waals surface area (Å²) in [6.07, 6.45) is 0.250. The second-order valence-corrected chi connectivity index (χ2v) is 5.79. The van der Waals surface area contributed by atoms with E-state index in [2.05, 4.69) is 5.32 Å². The molecule has 1 aromatic rings. The number of thioether (sulfide) groups is 1. The number of hydrogen-bond acceptors (Lipinski definition) is 2. The lowest BCUT2D eigenvalue weighted by Crippen LogP contribution is -2.41. The van der Waals surface area contributed by atoms with Crippen LogP contribution in [0.25, 0.3) is 0 Å². The Morgan fingerprint density at radius 1 is 1.11 bits per heavy atom. The van der Waals surface area contributed by atoms with E-state index in [9.17, 15) is 13.2 Å². The van der Waals surface area contributed by atoms with Crippen LogP contribution in [0.15, 0.2) is 29.2 Å². The van der Waals surface area contributed by atoms with Crippen LogP contribution in [-0.4, -0.2) is 18.5 Å². The van der Waals surface area contributed by atoms with Crippen LogP contribution < -0.4 is 5.32 Å². The molecule has 5 heteroatoms. The predicted molar refractivity (Wildman–Crippen MR) is 73.6 cm³/mol. The van der Waals surface area contributed by atoms with E-state index >= 15 is 0 Å². The monoisotopic (exact) mass is 289 g/mol. The minimum Gasteiger partial charge on any atom is -0.382 e. The lowest BCUT2D eigenvalue weighted by atomic mass is 9.84. The molecular weight excluding hydrogens is 271 g/mol. The molecule has 1 fully saturated rings. The minimum absolute atomic E-state index is 0.240. The van der Waals surface area contributed by atoms with E-state index in [4.69, 9.17) is 0 Å². The van der Waals surface area contributed by atoms with Gasteiger partial charge in [0, 0.05) is 16.6 Å². The predicted octanol–water partition coefficient (Wildman–Crippen LogP) is 4.94. The van der Waals surface area contributed by atoms with Gasteiger partial charge in [-0.3, -0.25) is 0 Å². The van der Waals surface area contributed by atoms with Crippen LogP contribution in [-0.2, 0) is 0 Å². The van der Waals surface area contributed by atoms with Crippen molar-refractivity contribution in [3.63, 3.8) is 0 Å². The molecule has 0 heterocycles. The van der Waals surface area contributed by atoms with Crippen LogP contribution >= 0.6 is 11.8 Å². The summed E-state index contributed by atoms with van der Waals surface area (Å²) in [5.41, 5.74) is 0.777. The Bertz CT molecular complexity index is 402. The van der Waals surface area contributed by atoms with Gasteiger partial charge in [0.25, 0.3) is 0 Å². The Hall–Kier alpha value is -0.840. The van der Waals surface area contributed by atoms with Gasteiger partial charge in [-0.2, -0.15) is 13.2 Å². The number of benzene rings is 1. The van der Waals surface area contributed by atoms with Gasteiger partial charge in [0.15, 0.2) is 0 Å². The Morgan fingerprint density at radius 3 is 2.32 bits per heavy atom. The molecule has 0 bridgehead atoms. The Morgan fingerprint density at radius 2 is 1.74 bits per heavy atom. The number of halogens is 3. The lowest BCUT2D eigenvalue weighted by Gasteiger charge is -2.34. The minimum atomic E-state index is -4.10. The van der Waals surface area contributed by atoms with Crippen molar-refractivity contribution in [2.75, 3.05) is 11.6 Å². The van der Waals surface area contributed by atoms with Gasteiger partial charge in [0.2, 0.25) is 0 Å². The quantitative estimate of drug-likeness (QED) is 0.791. The molecular formula is C14H18F3NS. The summed E-state index contributed by atoms with van der Waals surface area (Å²) in [6.45, 7) is 0. The highest BCUT2D eigenvalue weighted by Crippen LogP contribution is 2.39. The average Bonchev–Trinajstić information content (AvgIpc) is 2.39. The summed E-state index contributed by atoms with van der Waals surface area (Å²) in [5, 5.41) is 3.06. The highest BCUT2D eigenvalue weighted by Gasteiger charge is 2.45. The Labute approximate surface area is 116 Å². The summed E-state index contributed by atoms with van der Waals surface area (Å²) in [5.74, 6) is -1.22. The van der Waals surface area contributed by atoms with E-state index in [1.807, 2.05) is 30.5 Å². The molecule has 2 atom stereocenters. The molecule has 2 rings (SSSR count). The van der Waals surface area contributed by atoms with Crippen molar-refractivity contribution in [3.05, 3.63) is 24.3 Å². The maximum atomic E-state index is 13.0. The van der Waals surface area contributed by atoms with Gasteiger partial charge in [-0.05, 0) is 43.4 Å². The molecule has 1 aliphatic rings. The zero-order valence-corrected chi connectivity index (χ0v) is 11.7. The molecule has 106 valence electrons. The molecule has 1 aromatic carbocycles. The van der Waals surface area contributed by atoms with Gasteiger partial charge in [0.05, 0.1) is 5.92 Å². The van der Waals surface area contributed by atoms with E-state index in [1.54, 1.807) is 11.8 Å². The number of nitrogens with one attached hydrogen (secondary N) is 1. The van der Waals surface area contributed by atoms with Crippen molar-refractivity contribution in [1.82, 2.24) is 0 Å². The largest absolute Gasteiger partial charge is 0.393 e. The molecule has 19 heavy (non-hydrogen) atoms. The fraction of sp³-hybridized carbons (Fsp3) is 0.571. The first kappa shape index (κ1) is 14.6. The molecule has 0 amide bonds. The highest BCUT2D eigenvalue weighted by atomic mass is 32.2. The van der Waals surface area contributed by atoms with Gasteiger partial charge < -0.3 is 5.32 Å². The molecule has 0 aliphatic heterocycles. The van der Waals surface area contributed by atoms with Gasteiger partial charge in [-0.1, -0.05) is 12.8 Å². The number of anilines is 1. The van der Waals surface area contributed by atoms with Gasteiger partial charge in [0.1, 0.15) is 0 Å². The third kappa shape index (κ3) is 3.81. The Kier molecular flexibility index (Phi) is 4.66. The summed E-state index contributed by atoms with van der Waals surface area (Å²) in [7, 11) is 0. The maximum Gasteiger partial charge on any atom is 0.393 e. The average molecular weight is 289 g/mol. The van der Waals surface area contributed by atoms with Gasteiger partial charge in [-0.25, -0.2) is 0 Å². The molecule has 1 N–H and O–H groups in total. The molecule has 2 unspecified atom stereocenters. The molecule has 1 saturated carbocycles. The first-order chi connectivity index (χ1) is 9.00. The van der Waals surface area contributed by atoms with E-state index < -0.39 is 18.1 Å². The van der Waals surface area contributed by atoms with Crippen LogP contribution in [0.2, 0.25) is 0 Å². The zero-order chi connectivity index (χ0) is 13.9. The molecule has 1 nitrogen and oxygen atoms in total. The number of alkyl halides is 3. The third-order valence-electron chi connectivity index (χ3n) is 3.63. The zero-order valence-electron chi connectivity index (χ0n) is 10.8. The number of hydrogen-bond donors (Lipinski definition) is 1. The van der Waals surface area contributed by atoms with Gasteiger partial charge in [-0.15, -0.1) is 11.8 Å². The summed E-state index contributed by atoms with van der Waals surface area (Å²) in [4.78, 5) is 1.11. The summed E-state index contributed by atoms with van der Waals surface area (Å²) < 4.78 is 38.9. The van der Waals surface area contributed by atoms with E-state index in [0.29, 0.717) is 12.8 Å². The van der Waals surface area contributed by atoms with Crippen LogP contribution in [0.3, 0.4) is 0 Å². The maximum absolute atomic E-state index is 13.0. The third-order valence-corrected chi connectivity index (χ3v) is 4.37. The van der Waals surface area contributed by atoms with Crippen molar-refractivity contribution in [1.29, 1.82) is 0 Å². The molecule has 0 spiro atoms. The summed E-state index contributed by atoms with van der Waals surface area (Å²) in [6, 6.07) is 7.08. The van der Waals surface area contributed by atoms with E-state index in [1.165, 1.54) is 0 Å². The second kappa shape index (κ2) is 6.07. The highest BCUT2D eigenvalue weighted by molar-refractivity contribution is 7.98. The van der Waals surface area contributed by atoms with Gasteiger partial charge >= 0.3 is 6.18 Å². The van der Waals surface area contributed by atoms with Crippen molar-refractivity contribution in [3.8, 4) is 0 Å². The van der Waals surface area contributed by atoms with E-state index in [-0.39, 0.29) is 6.42 Å². The van der Waals surface area contributed by atoms with Crippen LogP contribution in [0, 0.1) is 5.92 Å². The van der Waals surface area contributed by atoms with Crippen molar-refractivity contribution in [2.24, 2.45) is 5.92 Å². The lowest BCUT2D eigenvalue weighted by molar-refractivity contribution is -0.184. The molecule has 0 radical (unpaired) electrons. The van der Waals surface area contributed by atoms with Crippen LogP contribution in [0.1, 0.15) is 25.7 Å². The SMILES string of the molecule is CSc1ccc(NC2CCCCC2C(F)(F)F)cc1. The molecule has 0 saturated heterocycles. The van der Waals surface area contributed by atoms with Crippen LogP contribution in [0.5, 0.6) is 0 Å². The molecule has 1 aliphatic carbocycles. The Balaban J connectivity index is 2.06. The first-order valence-corrected chi connectivity index (χ1v) is 7.70. The topological polar surface area (TPSA) is 12.0 Å².